The largest absolute Gasteiger partial charge is 0.326 e. The molecule has 0 unspecified atom stereocenters. The van der Waals surface area contributed by atoms with Crippen molar-refractivity contribution in [2.45, 2.75) is 32.6 Å². The molecule has 1 N–H and O–H groups in total. The van der Waals surface area contributed by atoms with Crippen molar-refractivity contribution < 1.29 is 4.79 Å². The number of rotatable bonds is 2. The molecule has 2 heteroatoms. The molecule has 0 saturated carbocycles. The first kappa shape index (κ1) is 17.2. The maximum atomic E-state index is 13.5. The predicted molar refractivity (Wildman–Crippen MR) is 114 cm³/mol. The van der Waals surface area contributed by atoms with Crippen molar-refractivity contribution in [1.82, 2.24) is 0 Å². The summed E-state index contributed by atoms with van der Waals surface area (Å²) >= 11 is 0. The highest BCUT2D eigenvalue weighted by atomic mass is 16.1. The lowest BCUT2D eigenvalue weighted by Gasteiger charge is -2.49. The number of carbonyl (C=O) groups is 1. The number of hydrogen-bond acceptors (Lipinski definition) is 1. The van der Waals surface area contributed by atoms with E-state index in [9.17, 15) is 4.79 Å². The van der Waals surface area contributed by atoms with Crippen molar-refractivity contribution in [1.29, 1.82) is 0 Å². The molecule has 0 aliphatic heterocycles. The minimum absolute atomic E-state index is 0.0605. The van der Waals surface area contributed by atoms with Gasteiger partial charge in [-0.2, -0.15) is 0 Å². The molecule has 140 valence electrons. The quantitative estimate of drug-likeness (QED) is 0.611. The van der Waals surface area contributed by atoms with Crippen molar-refractivity contribution in [2.24, 2.45) is 11.8 Å². The number of carbonyl (C=O) groups excluding carboxylic acids is 1. The van der Waals surface area contributed by atoms with Gasteiger partial charge in [0, 0.05) is 17.5 Å². The van der Waals surface area contributed by atoms with Gasteiger partial charge in [-0.05, 0) is 59.2 Å². The first-order valence-corrected chi connectivity index (χ1v) is 10.1. The summed E-state index contributed by atoms with van der Waals surface area (Å²) in [5, 5.41) is 3.26. The van der Waals surface area contributed by atoms with Gasteiger partial charge in [-0.15, -0.1) is 0 Å². The van der Waals surface area contributed by atoms with Crippen LogP contribution in [0.1, 0.15) is 52.1 Å². The Balaban J connectivity index is 1.60. The minimum atomic E-state index is -0.0605. The molecule has 2 atom stereocenters. The van der Waals surface area contributed by atoms with E-state index in [4.69, 9.17) is 0 Å². The van der Waals surface area contributed by atoms with E-state index in [1.807, 2.05) is 12.1 Å². The zero-order chi connectivity index (χ0) is 19.4. The van der Waals surface area contributed by atoms with Crippen LogP contribution in [-0.4, -0.2) is 5.91 Å². The molecular weight excluding hydrogens is 342 g/mol. The van der Waals surface area contributed by atoms with Gasteiger partial charge in [0.2, 0.25) is 5.91 Å². The Kier molecular flexibility index (Phi) is 3.90. The molecule has 0 fully saturated rings. The third-order valence-corrected chi connectivity index (χ3v) is 6.95. The summed E-state index contributed by atoms with van der Waals surface area (Å²) in [7, 11) is 0. The van der Waals surface area contributed by atoms with Gasteiger partial charge in [-0.3, -0.25) is 4.79 Å². The van der Waals surface area contributed by atoms with E-state index in [-0.39, 0.29) is 29.6 Å². The van der Waals surface area contributed by atoms with Crippen molar-refractivity contribution in [3.05, 3.63) is 100 Å². The Hall–Kier alpha value is -2.87. The molecule has 3 aliphatic carbocycles. The summed E-state index contributed by atoms with van der Waals surface area (Å²) in [4.78, 5) is 13.5. The van der Waals surface area contributed by atoms with Crippen LogP contribution in [0.15, 0.2) is 66.7 Å². The van der Waals surface area contributed by atoms with Gasteiger partial charge in [0.25, 0.3) is 0 Å². The summed E-state index contributed by atoms with van der Waals surface area (Å²) in [6.07, 6.45) is 0. The van der Waals surface area contributed by atoms with Crippen LogP contribution < -0.4 is 5.32 Å². The Morgan fingerprint density at radius 2 is 1.29 bits per heavy atom. The predicted octanol–water partition coefficient (Wildman–Crippen LogP) is 5.79. The standard InChI is InChI=1S/C26H25NO/c1-15-9-8-14-22(16(15)2)27-26(28)24-17(3)23-18-10-4-6-12-20(18)25(24)21-13-7-5-11-19(21)23/h4-14,17,23-25H,1-3H3,(H,27,28)/t17-,23?,24-,25?/m1/s1. The van der Waals surface area contributed by atoms with Gasteiger partial charge in [0.05, 0.1) is 5.92 Å². The summed E-state index contributed by atoms with van der Waals surface area (Å²) < 4.78 is 0. The SMILES string of the molecule is Cc1cccc(NC(=O)[C@H]2C3c4ccccc4C(c4ccccc43)[C@H]2C)c1C. The second-order valence-corrected chi connectivity index (χ2v) is 8.33. The Morgan fingerprint density at radius 3 is 1.86 bits per heavy atom. The molecule has 2 nitrogen and oxygen atoms in total. The smallest absolute Gasteiger partial charge is 0.228 e. The van der Waals surface area contributed by atoms with E-state index in [1.54, 1.807) is 0 Å². The first-order chi connectivity index (χ1) is 13.6. The number of hydrogen-bond donors (Lipinski definition) is 1. The van der Waals surface area contributed by atoms with Gasteiger partial charge in [-0.25, -0.2) is 0 Å². The second-order valence-electron chi connectivity index (χ2n) is 8.33. The Bertz CT molecular complexity index is 1040. The number of benzene rings is 3. The third kappa shape index (κ3) is 2.37. The Labute approximate surface area is 166 Å². The maximum Gasteiger partial charge on any atom is 0.228 e. The van der Waals surface area contributed by atoms with Crippen molar-refractivity contribution in [3.8, 4) is 0 Å². The highest BCUT2D eigenvalue weighted by Crippen LogP contribution is 2.58. The summed E-state index contributed by atoms with van der Waals surface area (Å²) in [6.45, 7) is 6.41. The topological polar surface area (TPSA) is 29.1 Å². The Morgan fingerprint density at radius 1 is 0.750 bits per heavy atom. The number of aryl methyl sites for hydroxylation is 1. The molecule has 0 spiro atoms. The van der Waals surface area contributed by atoms with Gasteiger partial charge in [0.1, 0.15) is 0 Å². The van der Waals surface area contributed by atoms with E-state index in [2.05, 4.69) is 80.7 Å². The van der Waals surface area contributed by atoms with Crippen molar-refractivity contribution in [3.63, 3.8) is 0 Å². The fraction of sp³-hybridized carbons (Fsp3) is 0.269. The van der Waals surface area contributed by atoms with E-state index < -0.39 is 0 Å². The van der Waals surface area contributed by atoms with E-state index in [0.29, 0.717) is 0 Å². The third-order valence-electron chi connectivity index (χ3n) is 6.95. The van der Waals surface area contributed by atoms with Crippen LogP contribution in [0.3, 0.4) is 0 Å². The van der Waals surface area contributed by atoms with Gasteiger partial charge < -0.3 is 5.32 Å². The van der Waals surface area contributed by atoms with E-state index in [1.165, 1.54) is 27.8 Å². The molecule has 2 bridgehead atoms. The molecule has 3 aromatic carbocycles. The summed E-state index contributed by atoms with van der Waals surface area (Å²) in [5.41, 5.74) is 8.72. The molecule has 0 aromatic heterocycles. The number of anilines is 1. The normalized spacial score (nSPS) is 24.4. The summed E-state index contributed by atoms with van der Waals surface area (Å²) in [5.74, 6) is 0.749. The van der Waals surface area contributed by atoms with E-state index in [0.717, 1.165) is 11.3 Å². The molecule has 6 rings (SSSR count). The van der Waals surface area contributed by atoms with Crippen LogP contribution >= 0.6 is 0 Å². The molecular formula is C26H25NO. The highest BCUT2D eigenvalue weighted by molar-refractivity contribution is 5.95. The average Bonchev–Trinajstić information content (AvgIpc) is 2.71. The lowest BCUT2D eigenvalue weighted by atomic mass is 9.54. The zero-order valence-corrected chi connectivity index (χ0v) is 16.6. The maximum absolute atomic E-state index is 13.5. The van der Waals surface area contributed by atoms with Crippen LogP contribution in [-0.2, 0) is 4.79 Å². The average molecular weight is 367 g/mol. The molecule has 28 heavy (non-hydrogen) atoms. The van der Waals surface area contributed by atoms with Crippen molar-refractivity contribution in [2.75, 3.05) is 5.32 Å². The van der Waals surface area contributed by atoms with Crippen molar-refractivity contribution >= 4 is 11.6 Å². The van der Waals surface area contributed by atoms with Gasteiger partial charge >= 0.3 is 0 Å². The van der Waals surface area contributed by atoms with E-state index >= 15 is 0 Å². The van der Waals surface area contributed by atoms with Crippen LogP contribution in [0.4, 0.5) is 5.69 Å². The molecule has 1 amide bonds. The summed E-state index contributed by atoms with van der Waals surface area (Å²) in [6, 6.07) is 23.5. The minimum Gasteiger partial charge on any atom is -0.326 e. The molecule has 0 heterocycles. The fourth-order valence-corrected chi connectivity index (χ4v) is 5.45. The van der Waals surface area contributed by atoms with Gasteiger partial charge in [-0.1, -0.05) is 67.6 Å². The van der Waals surface area contributed by atoms with Crippen LogP contribution in [0.2, 0.25) is 0 Å². The lowest BCUT2D eigenvalue weighted by Crippen LogP contribution is -2.44. The number of nitrogens with one attached hydrogen (secondary N) is 1. The molecule has 3 aromatic rings. The molecule has 3 aliphatic rings. The van der Waals surface area contributed by atoms with Gasteiger partial charge in [0.15, 0.2) is 0 Å². The lowest BCUT2D eigenvalue weighted by molar-refractivity contribution is -0.122. The molecule has 0 saturated heterocycles. The first-order valence-electron chi connectivity index (χ1n) is 10.1. The zero-order valence-electron chi connectivity index (χ0n) is 16.6. The molecule has 0 radical (unpaired) electrons. The fourth-order valence-electron chi connectivity index (χ4n) is 5.45. The van der Waals surface area contributed by atoms with Crippen LogP contribution in [0, 0.1) is 25.7 Å². The van der Waals surface area contributed by atoms with Crippen LogP contribution in [0.5, 0.6) is 0 Å². The van der Waals surface area contributed by atoms with Crippen LogP contribution in [0.25, 0.3) is 0 Å². The number of amides is 1. The number of fused-ring (bicyclic) bond motifs is 1. The second kappa shape index (κ2) is 6.34. The highest BCUT2D eigenvalue weighted by Gasteiger charge is 2.50. The monoisotopic (exact) mass is 367 g/mol.